The highest BCUT2D eigenvalue weighted by atomic mass is 16.6. The van der Waals surface area contributed by atoms with Crippen LogP contribution in [0.3, 0.4) is 0 Å². The fourth-order valence-electron chi connectivity index (χ4n) is 9.77. The molecule has 6 atom stereocenters. The van der Waals surface area contributed by atoms with E-state index in [2.05, 4.69) is 0 Å². The summed E-state index contributed by atoms with van der Waals surface area (Å²) in [5.74, 6) is -4.91. The molecule has 0 saturated carbocycles. The van der Waals surface area contributed by atoms with E-state index in [1.807, 2.05) is 83.1 Å². The zero-order valence-electron chi connectivity index (χ0n) is 50.3. The van der Waals surface area contributed by atoms with Crippen LogP contribution < -0.4 is 17.1 Å². The Morgan fingerprint density at radius 3 is 0.833 bits per heavy atom. The molecule has 78 heavy (non-hydrogen) atoms. The molecule has 0 saturated heterocycles. The Labute approximate surface area is 463 Å². The summed E-state index contributed by atoms with van der Waals surface area (Å²) in [6.45, 7) is 33.6. The molecule has 3 aromatic carbocycles. The minimum Gasteiger partial charge on any atom is -0.507 e. The average molecular weight is 1080 g/mol. The summed E-state index contributed by atoms with van der Waals surface area (Å²) >= 11 is 0. The van der Waals surface area contributed by atoms with E-state index < -0.39 is 87.7 Å². The quantitative estimate of drug-likeness (QED) is 0.0340. The number of ether oxygens (including phenoxy) is 3. The summed E-state index contributed by atoms with van der Waals surface area (Å²) in [6.07, 6.45) is 0.416. The van der Waals surface area contributed by atoms with Gasteiger partial charge in [-0.2, -0.15) is 0 Å². The topological polar surface area (TPSA) is 206 Å². The number of aromatic nitrogens is 3. The standard InChI is InChI=1S/C63H93N3O12/c1-19-22-25-28-49(76-55(70)40(7)43-31-37(4)52(67)46(34-43)61(10,11)12)64-58(73)65(50(29-26-23-20-2)77-56(71)41(8)44-32-38(5)53(68)47(35-44)62(13,14)15)60(75)66(59(64)74)51(30-27-24-21-3)78-57(72)42(9)45-33-39(6)54(69)48(36-45)63(16,17)18/h31-36,40-42,49-51,67-69H,19-30H2,1-18H3. The maximum Gasteiger partial charge on any atom is 0.342 e. The van der Waals surface area contributed by atoms with Gasteiger partial charge < -0.3 is 29.5 Å². The Morgan fingerprint density at radius 2 is 0.641 bits per heavy atom. The molecule has 15 nitrogen and oxygen atoms in total. The maximum absolute atomic E-state index is 15.5. The molecule has 0 aliphatic heterocycles. The molecule has 0 amide bonds. The van der Waals surface area contributed by atoms with E-state index in [4.69, 9.17) is 14.2 Å². The van der Waals surface area contributed by atoms with Crippen molar-refractivity contribution in [2.45, 2.75) is 254 Å². The van der Waals surface area contributed by atoms with Crippen molar-refractivity contribution >= 4 is 17.9 Å². The fraction of sp³-hybridized carbons (Fsp3) is 0.619. The zero-order valence-corrected chi connectivity index (χ0v) is 50.3. The third kappa shape index (κ3) is 15.4. The van der Waals surface area contributed by atoms with Gasteiger partial charge >= 0.3 is 35.0 Å². The summed E-state index contributed by atoms with van der Waals surface area (Å²) in [5, 5.41) is 33.2. The first-order valence-corrected chi connectivity index (χ1v) is 28.4. The van der Waals surface area contributed by atoms with Crippen LogP contribution in [0.25, 0.3) is 0 Å². The summed E-state index contributed by atoms with van der Waals surface area (Å²) < 4.78 is 21.1. The van der Waals surface area contributed by atoms with Gasteiger partial charge in [0.05, 0.1) is 17.8 Å². The van der Waals surface area contributed by atoms with E-state index in [0.717, 1.165) is 33.0 Å². The second-order valence-corrected chi connectivity index (χ2v) is 24.7. The van der Waals surface area contributed by atoms with Gasteiger partial charge in [0.2, 0.25) is 0 Å². The van der Waals surface area contributed by atoms with Gasteiger partial charge in [-0.3, -0.25) is 14.4 Å². The van der Waals surface area contributed by atoms with E-state index in [-0.39, 0.29) is 36.5 Å². The molecule has 15 heteroatoms. The number of rotatable bonds is 24. The molecule has 3 N–H and O–H groups in total. The van der Waals surface area contributed by atoms with Crippen molar-refractivity contribution in [1.29, 1.82) is 0 Å². The number of carbonyl (C=O) groups is 3. The Hall–Kier alpha value is -6.12. The molecule has 1 heterocycles. The van der Waals surface area contributed by atoms with Crippen molar-refractivity contribution in [2.24, 2.45) is 0 Å². The van der Waals surface area contributed by atoms with Gasteiger partial charge in [0.15, 0.2) is 18.7 Å². The second-order valence-electron chi connectivity index (χ2n) is 24.7. The number of carbonyl (C=O) groups excluding carboxylic acids is 3. The van der Waals surface area contributed by atoms with Crippen molar-refractivity contribution in [3.05, 3.63) is 118 Å². The van der Waals surface area contributed by atoms with Crippen LogP contribution in [0.4, 0.5) is 0 Å². The van der Waals surface area contributed by atoms with Gasteiger partial charge in [-0.05, 0) is 127 Å². The Bertz CT molecular complexity index is 2600. The fourth-order valence-corrected chi connectivity index (χ4v) is 9.77. The normalized spacial score (nSPS) is 14.5. The predicted octanol–water partition coefficient (Wildman–Crippen LogP) is 13.4. The molecule has 6 unspecified atom stereocenters. The first kappa shape index (κ1) is 64.4. The molecule has 4 rings (SSSR count). The highest BCUT2D eigenvalue weighted by Crippen LogP contribution is 2.40. The van der Waals surface area contributed by atoms with Crippen LogP contribution >= 0.6 is 0 Å². The van der Waals surface area contributed by atoms with Crippen LogP contribution in [0.1, 0.15) is 267 Å². The number of nitrogens with zero attached hydrogens (tertiary/aromatic N) is 3. The van der Waals surface area contributed by atoms with Gasteiger partial charge in [0.25, 0.3) is 0 Å². The van der Waals surface area contributed by atoms with Crippen LogP contribution in [0.15, 0.2) is 50.8 Å². The third-order valence-electron chi connectivity index (χ3n) is 15.0. The Morgan fingerprint density at radius 1 is 0.423 bits per heavy atom. The van der Waals surface area contributed by atoms with Crippen LogP contribution in [-0.2, 0) is 44.8 Å². The van der Waals surface area contributed by atoms with Gasteiger partial charge in [0, 0.05) is 19.3 Å². The number of hydrogen-bond acceptors (Lipinski definition) is 12. The number of esters is 3. The second kappa shape index (κ2) is 26.7. The minimum absolute atomic E-state index is 0.0250. The predicted molar refractivity (Wildman–Crippen MR) is 307 cm³/mol. The lowest BCUT2D eigenvalue weighted by Crippen LogP contribution is -2.58. The highest BCUT2D eigenvalue weighted by Gasteiger charge is 2.36. The van der Waals surface area contributed by atoms with Crippen LogP contribution in [0, 0.1) is 20.8 Å². The lowest BCUT2D eigenvalue weighted by Gasteiger charge is -2.29. The van der Waals surface area contributed by atoms with Gasteiger partial charge in [0.1, 0.15) is 17.2 Å². The van der Waals surface area contributed by atoms with Crippen molar-refractivity contribution in [2.75, 3.05) is 0 Å². The van der Waals surface area contributed by atoms with Crippen molar-refractivity contribution < 1.29 is 43.9 Å². The Balaban J connectivity index is 2.08. The summed E-state index contributed by atoms with van der Waals surface area (Å²) in [4.78, 5) is 90.5. The number of unbranched alkanes of at least 4 members (excludes halogenated alkanes) is 6. The summed E-state index contributed by atoms with van der Waals surface area (Å²) in [6, 6.07) is 10.3. The number of benzene rings is 3. The number of aryl methyl sites for hydroxylation is 3. The van der Waals surface area contributed by atoms with E-state index in [1.165, 1.54) is 0 Å². The monoisotopic (exact) mass is 1080 g/mol. The first-order chi connectivity index (χ1) is 36.2. The van der Waals surface area contributed by atoms with Crippen molar-refractivity contribution in [3.63, 3.8) is 0 Å². The lowest BCUT2D eigenvalue weighted by molar-refractivity contribution is -0.158. The number of phenols is 3. The van der Waals surface area contributed by atoms with Crippen molar-refractivity contribution in [1.82, 2.24) is 13.7 Å². The van der Waals surface area contributed by atoms with Gasteiger partial charge in [-0.1, -0.05) is 158 Å². The molecule has 0 bridgehead atoms. The number of hydrogen-bond donors (Lipinski definition) is 3. The largest absolute Gasteiger partial charge is 0.507 e. The molecule has 0 aliphatic carbocycles. The van der Waals surface area contributed by atoms with Crippen LogP contribution in [0.2, 0.25) is 0 Å². The summed E-state index contributed by atoms with van der Waals surface area (Å²) in [7, 11) is 0. The van der Waals surface area contributed by atoms with Crippen LogP contribution in [-0.4, -0.2) is 46.9 Å². The van der Waals surface area contributed by atoms with E-state index >= 15 is 14.4 Å². The lowest BCUT2D eigenvalue weighted by atomic mass is 9.82. The molecular weight excluding hydrogens is 991 g/mol. The maximum atomic E-state index is 15.5. The van der Waals surface area contributed by atoms with E-state index in [0.29, 0.717) is 88.6 Å². The van der Waals surface area contributed by atoms with Crippen molar-refractivity contribution in [3.8, 4) is 17.2 Å². The first-order valence-electron chi connectivity index (χ1n) is 28.4. The third-order valence-corrected chi connectivity index (χ3v) is 15.0. The smallest absolute Gasteiger partial charge is 0.342 e. The molecule has 0 spiro atoms. The summed E-state index contributed by atoms with van der Waals surface area (Å²) in [5.41, 5.74) is 0.0499. The highest BCUT2D eigenvalue weighted by molar-refractivity contribution is 5.79. The molecule has 0 radical (unpaired) electrons. The zero-order chi connectivity index (χ0) is 58.9. The molecule has 0 aliphatic rings. The number of aromatic hydroxyl groups is 3. The average Bonchev–Trinajstić information content (AvgIpc) is 3.41. The Kier molecular flexibility index (Phi) is 22.0. The van der Waals surface area contributed by atoms with E-state index in [1.54, 1.807) is 77.9 Å². The van der Waals surface area contributed by atoms with Gasteiger partial charge in [-0.25, -0.2) is 28.1 Å². The number of phenolic OH excluding ortho intramolecular Hbond substituents is 3. The minimum atomic E-state index is -1.59. The molecule has 4 aromatic rings. The van der Waals surface area contributed by atoms with Crippen LogP contribution in [0.5, 0.6) is 17.2 Å². The van der Waals surface area contributed by atoms with Gasteiger partial charge in [-0.15, -0.1) is 0 Å². The SMILES string of the molecule is CCCCCC(OC(=O)C(C)c1cc(C)c(O)c(C(C)(C)C)c1)n1c(=O)n(C(CCCCC)OC(=O)C(C)c2cc(C)c(O)c(C(C)(C)C)c2)c(=O)n(C(CCCCC)OC(=O)C(C)c2cc(C)c(O)c(C(C)(C)C)c2)c1=O. The molecular formula is C63H93N3O12. The molecule has 1 aromatic heterocycles. The van der Waals surface area contributed by atoms with E-state index in [9.17, 15) is 29.7 Å². The molecule has 432 valence electrons. The molecule has 0 fully saturated rings.